The van der Waals surface area contributed by atoms with Crippen molar-refractivity contribution in [3.05, 3.63) is 77.5 Å². The Kier molecular flexibility index (Phi) is 9.74. The molecular formula is C36H45N3O7. The second-order valence-corrected chi connectivity index (χ2v) is 13.2. The summed E-state index contributed by atoms with van der Waals surface area (Å²) >= 11 is 0. The number of esters is 1. The first kappa shape index (κ1) is 33.0. The Balaban J connectivity index is 1.46. The summed E-state index contributed by atoms with van der Waals surface area (Å²) in [6.07, 6.45) is 2.60. The molecule has 0 N–H and O–H groups in total. The van der Waals surface area contributed by atoms with Gasteiger partial charge in [-0.25, -0.2) is 4.79 Å². The minimum atomic E-state index is -1.56. The van der Waals surface area contributed by atoms with Crippen molar-refractivity contribution in [3.8, 4) is 5.75 Å². The highest BCUT2D eigenvalue weighted by atomic mass is 16.6. The van der Waals surface area contributed by atoms with Crippen LogP contribution < -0.4 is 4.74 Å². The van der Waals surface area contributed by atoms with E-state index in [1.54, 1.807) is 50.7 Å². The molecule has 46 heavy (non-hydrogen) atoms. The first-order chi connectivity index (χ1) is 22.0. The maximum absolute atomic E-state index is 14.4. The minimum absolute atomic E-state index is 0.0840. The van der Waals surface area contributed by atoms with Crippen LogP contribution >= 0.6 is 0 Å². The Morgan fingerprint density at radius 2 is 1.63 bits per heavy atom. The van der Waals surface area contributed by atoms with E-state index in [1.165, 1.54) is 10.5 Å². The lowest BCUT2D eigenvalue weighted by Gasteiger charge is -2.41. The van der Waals surface area contributed by atoms with Crippen LogP contribution in [0.25, 0.3) is 0 Å². The SMILES string of the molecule is CCOC(=O)[C@@]12CN(C(=O)OC(C)(C)C)CC=C1N(Cc1ccc(OC)cc1)C(=O)[C@H]2CC(=O)N1CCC(c2ccccc2)CC1. The van der Waals surface area contributed by atoms with Crippen LogP contribution in [0, 0.1) is 11.3 Å². The molecule has 10 heteroatoms. The highest BCUT2D eigenvalue weighted by molar-refractivity contribution is 5.99. The fourth-order valence-electron chi connectivity index (χ4n) is 6.85. The number of ether oxygens (including phenoxy) is 3. The Labute approximate surface area is 271 Å². The molecule has 0 aliphatic carbocycles. The number of carbonyl (C=O) groups excluding carboxylic acids is 4. The molecule has 0 spiro atoms. The Hall–Kier alpha value is -4.34. The number of rotatable bonds is 8. The normalized spacial score (nSPS) is 21.8. The lowest BCUT2D eigenvalue weighted by molar-refractivity contribution is -0.159. The van der Waals surface area contributed by atoms with E-state index in [1.807, 2.05) is 42.5 Å². The molecule has 0 saturated carbocycles. The summed E-state index contributed by atoms with van der Waals surface area (Å²) in [6, 6.07) is 17.6. The number of fused-ring (bicyclic) bond motifs is 1. The third-order valence-corrected chi connectivity index (χ3v) is 9.14. The molecule has 0 bridgehead atoms. The topological polar surface area (TPSA) is 106 Å². The molecule has 3 aliphatic heterocycles. The number of methoxy groups -OCH3 is 1. The predicted molar refractivity (Wildman–Crippen MR) is 172 cm³/mol. The van der Waals surface area contributed by atoms with Crippen molar-refractivity contribution in [2.45, 2.75) is 65.0 Å². The zero-order valence-electron chi connectivity index (χ0n) is 27.5. The summed E-state index contributed by atoms with van der Waals surface area (Å²) in [6.45, 7) is 8.43. The van der Waals surface area contributed by atoms with Gasteiger partial charge < -0.3 is 28.9 Å². The molecule has 0 aromatic heterocycles. The van der Waals surface area contributed by atoms with E-state index in [9.17, 15) is 19.2 Å². The van der Waals surface area contributed by atoms with Gasteiger partial charge in [-0.3, -0.25) is 14.4 Å². The third kappa shape index (κ3) is 6.76. The summed E-state index contributed by atoms with van der Waals surface area (Å²) in [4.78, 5) is 60.6. The van der Waals surface area contributed by atoms with Crippen LogP contribution in [0.15, 0.2) is 66.4 Å². The maximum Gasteiger partial charge on any atom is 0.410 e. The number of carbonyl (C=O) groups is 4. The number of nitrogens with zero attached hydrogens (tertiary/aromatic N) is 3. The van der Waals surface area contributed by atoms with Crippen molar-refractivity contribution in [2.24, 2.45) is 11.3 Å². The quantitative estimate of drug-likeness (QED) is 0.372. The van der Waals surface area contributed by atoms with E-state index >= 15 is 0 Å². The van der Waals surface area contributed by atoms with Gasteiger partial charge in [0.1, 0.15) is 16.8 Å². The molecule has 10 nitrogen and oxygen atoms in total. The molecule has 246 valence electrons. The van der Waals surface area contributed by atoms with Crippen LogP contribution in [0.1, 0.15) is 64.0 Å². The van der Waals surface area contributed by atoms with Crippen LogP contribution in [-0.4, -0.2) is 84.1 Å². The fourth-order valence-corrected chi connectivity index (χ4v) is 6.85. The van der Waals surface area contributed by atoms with E-state index in [0.29, 0.717) is 30.5 Å². The molecule has 2 saturated heterocycles. The van der Waals surface area contributed by atoms with Crippen molar-refractivity contribution in [1.82, 2.24) is 14.7 Å². The Morgan fingerprint density at radius 3 is 2.24 bits per heavy atom. The van der Waals surface area contributed by atoms with E-state index in [4.69, 9.17) is 14.2 Å². The van der Waals surface area contributed by atoms with Gasteiger partial charge in [-0.1, -0.05) is 42.5 Å². The molecule has 3 amide bonds. The third-order valence-electron chi connectivity index (χ3n) is 9.14. The van der Waals surface area contributed by atoms with Gasteiger partial charge in [0.25, 0.3) is 0 Å². The van der Waals surface area contributed by atoms with Gasteiger partial charge in [-0.05, 0) is 75.8 Å². The molecule has 0 radical (unpaired) electrons. The number of benzene rings is 2. The van der Waals surface area contributed by atoms with Crippen molar-refractivity contribution >= 4 is 23.9 Å². The molecule has 2 atom stereocenters. The first-order valence-corrected chi connectivity index (χ1v) is 16.1. The second kappa shape index (κ2) is 13.6. The van der Waals surface area contributed by atoms with E-state index in [2.05, 4.69) is 12.1 Å². The molecule has 3 heterocycles. The summed E-state index contributed by atoms with van der Waals surface area (Å²) in [5.74, 6) is -1.16. The number of piperidine rings is 1. The molecule has 0 unspecified atom stereocenters. The lowest BCUT2D eigenvalue weighted by atomic mass is 9.71. The smallest absolute Gasteiger partial charge is 0.410 e. The van der Waals surface area contributed by atoms with Gasteiger partial charge in [0, 0.05) is 38.3 Å². The molecule has 2 aromatic carbocycles. The van der Waals surface area contributed by atoms with Crippen LogP contribution in [0.3, 0.4) is 0 Å². The maximum atomic E-state index is 14.4. The molecule has 2 fully saturated rings. The molecule has 2 aromatic rings. The average molecular weight is 632 g/mol. The van der Waals surface area contributed by atoms with Crippen molar-refractivity contribution in [1.29, 1.82) is 0 Å². The molecule has 5 rings (SSSR count). The summed E-state index contributed by atoms with van der Waals surface area (Å²) in [5.41, 5.74) is 0.234. The van der Waals surface area contributed by atoms with Gasteiger partial charge in [0.15, 0.2) is 0 Å². The zero-order chi connectivity index (χ0) is 33.1. The highest BCUT2D eigenvalue weighted by Crippen LogP contribution is 2.51. The van der Waals surface area contributed by atoms with E-state index < -0.39 is 29.0 Å². The second-order valence-electron chi connectivity index (χ2n) is 13.2. The number of hydrogen-bond acceptors (Lipinski definition) is 7. The monoisotopic (exact) mass is 631 g/mol. The van der Waals surface area contributed by atoms with Gasteiger partial charge >= 0.3 is 12.1 Å². The average Bonchev–Trinajstić information content (AvgIpc) is 3.28. The minimum Gasteiger partial charge on any atom is -0.497 e. The lowest BCUT2D eigenvalue weighted by Crippen LogP contribution is -2.54. The van der Waals surface area contributed by atoms with Gasteiger partial charge in [-0.2, -0.15) is 0 Å². The van der Waals surface area contributed by atoms with Crippen LogP contribution in [0.2, 0.25) is 0 Å². The van der Waals surface area contributed by atoms with Crippen molar-refractivity contribution in [3.63, 3.8) is 0 Å². The highest BCUT2D eigenvalue weighted by Gasteiger charge is 2.64. The van der Waals surface area contributed by atoms with Crippen molar-refractivity contribution in [2.75, 3.05) is 39.9 Å². The summed E-state index contributed by atoms with van der Waals surface area (Å²) in [7, 11) is 1.59. The number of likely N-dealkylation sites (tertiary alicyclic amines) is 2. The largest absolute Gasteiger partial charge is 0.497 e. The van der Waals surface area contributed by atoms with Crippen molar-refractivity contribution < 1.29 is 33.4 Å². The van der Waals surface area contributed by atoms with Gasteiger partial charge in [-0.15, -0.1) is 0 Å². The Morgan fingerprint density at radius 1 is 0.957 bits per heavy atom. The zero-order valence-corrected chi connectivity index (χ0v) is 27.5. The van der Waals surface area contributed by atoms with Gasteiger partial charge in [0.05, 0.1) is 26.2 Å². The molecular weight excluding hydrogens is 586 g/mol. The fraction of sp³-hybridized carbons (Fsp3) is 0.500. The number of amides is 3. The van der Waals surface area contributed by atoms with Crippen LogP contribution in [0.4, 0.5) is 4.79 Å². The summed E-state index contributed by atoms with van der Waals surface area (Å²) in [5, 5.41) is 0. The van der Waals surface area contributed by atoms with E-state index in [-0.39, 0.29) is 44.5 Å². The van der Waals surface area contributed by atoms with Crippen LogP contribution in [-0.2, 0) is 30.4 Å². The van der Waals surface area contributed by atoms with E-state index in [0.717, 1.165) is 18.4 Å². The predicted octanol–water partition coefficient (Wildman–Crippen LogP) is 5.13. The number of hydrogen-bond donors (Lipinski definition) is 0. The Bertz CT molecular complexity index is 1460. The summed E-state index contributed by atoms with van der Waals surface area (Å²) < 4.78 is 16.6. The van der Waals surface area contributed by atoms with Crippen LogP contribution in [0.5, 0.6) is 5.75 Å². The van der Waals surface area contributed by atoms with Gasteiger partial charge in [0.2, 0.25) is 11.8 Å². The first-order valence-electron chi connectivity index (χ1n) is 16.1. The standard InChI is InChI=1S/C36H45N3O7/c1-6-45-33(42)36-24-38(34(43)46-35(2,3)4)21-18-30(36)39(23-25-12-14-28(44-5)15-13-25)32(41)29(36)22-31(40)37-19-16-27(17-20-37)26-10-8-7-9-11-26/h7-15,18,27,29H,6,16-17,19-24H2,1-5H3/t29-,36-/m1/s1. The molecule has 3 aliphatic rings.